The van der Waals surface area contributed by atoms with Gasteiger partial charge in [-0.15, -0.1) is 0 Å². The van der Waals surface area contributed by atoms with Crippen LogP contribution < -0.4 is 4.74 Å². The minimum atomic E-state index is -0.705. The monoisotopic (exact) mass is 285 g/mol. The molecule has 0 unspecified atom stereocenters. The predicted octanol–water partition coefficient (Wildman–Crippen LogP) is 2.71. The topological polar surface area (TPSA) is 109 Å². The van der Waals surface area contributed by atoms with Gasteiger partial charge in [-0.3, -0.25) is 15.1 Å². The van der Waals surface area contributed by atoms with Gasteiger partial charge in [0.05, 0.1) is 34.6 Å². The van der Waals surface area contributed by atoms with Crippen molar-refractivity contribution in [2.24, 2.45) is 0 Å². The van der Waals surface area contributed by atoms with E-state index in [2.05, 4.69) is 4.98 Å². The van der Waals surface area contributed by atoms with Crippen LogP contribution >= 0.6 is 0 Å². The first-order chi connectivity index (χ1) is 10.0. The number of hydrogen-bond acceptors (Lipinski definition) is 6. The molecule has 106 valence electrons. The van der Waals surface area contributed by atoms with Crippen molar-refractivity contribution >= 4 is 5.69 Å². The maximum Gasteiger partial charge on any atom is 0.312 e. The van der Waals surface area contributed by atoms with E-state index in [9.17, 15) is 15.2 Å². The van der Waals surface area contributed by atoms with Crippen LogP contribution in [0.25, 0.3) is 0 Å². The summed E-state index contributed by atoms with van der Waals surface area (Å²) in [6, 6.07) is 8.89. The number of nitriles is 1. The predicted molar refractivity (Wildman–Crippen MR) is 72.8 cm³/mol. The van der Waals surface area contributed by atoms with E-state index in [4.69, 9.17) is 10.00 Å². The number of pyridine rings is 1. The van der Waals surface area contributed by atoms with Crippen molar-refractivity contribution in [3.8, 4) is 17.6 Å². The highest BCUT2D eigenvalue weighted by Crippen LogP contribution is 2.32. The molecule has 7 nitrogen and oxygen atoms in total. The zero-order valence-electron chi connectivity index (χ0n) is 11.1. The lowest BCUT2D eigenvalue weighted by molar-refractivity contribution is -0.385. The lowest BCUT2D eigenvalue weighted by atomic mass is 10.2. The number of ether oxygens (including phenoxy) is 1. The summed E-state index contributed by atoms with van der Waals surface area (Å²) < 4.78 is 5.41. The molecule has 0 radical (unpaired) electrons. The molecule has 0 fully saturated rings. The molecule has 0 saturated heterocycles. The van der Waals surface area contributed by atoms with Gasteiger partial charge < -0.3 is 9.84 Å². The highest BCUT2D eigenvalue weighted by atomic mass is 16.6. The zero-order valence-corrected chi connectivity index (χ0v) is 11.1. The van der Waals surface area contributed by atoms with Gasteiger partial charge in [0.1, 0.15) is 5.75 Å². The second kappa shape index (κ2) is 5.98. The van der Waals surface area contributed by atoms with E-state index < -0.39 is 11.0 Å². The number of nitro benzene ring substituents is 1. The third kappa shape index (κ3) is 3.32. The van der Waals surface area contributed by atoms with Crippen molar-refractivity contribution in [2.45, 2.75) is 13.0 Å². The van der Waals surface area contributed by atoms with Crippen LogP contribution in [0.4, 0.5) is 5.69 Å². The summed E-state index contributed by atoms with van der Waals surface area (Å²) in [6.07, 6.45) is 0.660. The van der Waals surface area contributed by atoms with Crippen LogP contribution in [0.5, 0.6) is 11.5 Å². The summed E-state index contributed by atoms with van der Waals surface area (Å²) in [7, 11) is 0. The maximum atomic E-state index is 11.0. The van der Waals surface area contributed by atoms with E-state index in [0.717, 1.165) is 6.07 Å². The largest absolute Gasteiger partial charge is 0.449 e. The van der Waals surface area contributed by atoms with Gasteiger partial charge in [-0.25, -0.2) is 0 Å². The molecule has 0 aliphatic rings. The first-order valence-corrected chi connectivity index (χ1v) is 6.01. The Bertz CT molecular complexity index is 705. The van der Waals surface area contributed by atoms with Gasteiger partial charge >= 0.3 is 5.69 Å². The molecule has 1 heterocycles. The molecule has 0 spiro atoms. The molecule has 1 N–H and O–H groups in total. The highest BCUT2D eigenvalue weighted by molar-refractivity contribution is 5.53. The lowest BCUT2D eigenvalue weighted by Crippen LogP contribution is -1.97. The number of aliphatic hydroxyl groups excluding tert-OH is 1. The van der Waals surface area contributed by atoms with Crippen molar-refractivity contribution in [3.05, 3.63) is 57.9 Å². The molecule has 21 heavy (non-hydrogen) atoms. The molecule has 2 aromatic rings. The van der Waals surface area contributed by atoms with Crippen molar-refractivity contribution < 1.29 is 14.8 Å². The minimum Gasteiger partial charge on any atom is -0.449 e. The summed E-state index contributed by atoms with van der Waals surface area (Å²) in [5, 5.41) is 29.1. The normalized spacial score (nSPS) is 11.5. The third-order valence-corrected chi connectivity index (χ3v) is 2.70. The Morgan fingerprint density at radius 1 is 1.43 bits per heavy atom. The molecule has 0 bridgehead atoms. The molecule has 0 aliphatic carbocycles. The molecule has 2 rings (SSSR count). The number of aromatic nitrogens is 1. The average molecular weight is 285 g/mol. The van der Waals surface area contributed by atoms with Crippen molar-refractivity contribution in [2.75, 3.05) is 0 Å². The number of rotatable bonds is 4. The van der Waals surface area contributed by atoms with E-state index >= 15 is 0 Å². The molecule has 7 heteroatoms. The lowest BCUT2D eigenvalue weighted by Gasteiger charge is -2.08. The van der Waals surface area contributed by atoms with E-state index in [-0.39, 0.29) is 17.0 Å². The summed E-state index contributed by atoms with van der Waals surface area (Å²) >= 11 is 0. The summed E-state index contributed by atoms with van der Waals surface area (Å²) in [6.45, 7) is 1.58. The van der Waals surface area contributed by atoms with Crippen LogP contribution in [0.15, 0.2) is 36.5 Å². The maximum absolute atomic E-state index is 11.0. The molecular weight excluding hydrogens is 274 g/mol. The Kier molecular flexibility index (Phi) is 4.11. The van der Waals surface area contributed by atoms with Gasteiger partial charge in [0.25, 0.3) is 0 Å². The van der Waals surface area contributed by atoms with Gasteiger partial charge in [0.15, 0.2) is 0 Å². The minimum absolute atomic E-state index is 0.0191. The zero-order chi connectivity index (χ0) is 15.4. The standard InChI is InChI=1S/C14H11N3O4/c1-9(18)12-4-3-11(8-16-12)21-14-5-2-10(7-15)6-13(14)17(19)20/h2-6,8-9,18H,1H3/t9-/m0/s1. The van der Waals surface area contributed by atoms with Gasteiger partial charge in [0, 0.05) is 6.07 Å². The summed E-state index contributed by atoms with van der Waals surface area (Å²) in [5.41, 5.74) is 0.349. The Morgan fingerprint density at radius 3 is 2.71 bits per heavy atom. The van der Waals surface area contributed by atoms with Crippen LogP contribution in [0.3, 0.4) is 0 Å². The highest BCUT2D eigenvalue weighted by Gasteiger charge is 2.17. The van der Waals surface area contributed by atoms with Crippen molar-refractivity contribution in [1.29, 1.82) is 5.26 Å². The fourth-order valence-electron chi connectivity index (χ4n) is 1.64. The van der Waals surface area contributed by atoms with Crippen molar-refractivity contribution in [3.63, 3.8) is 0 Å². The molecule has 0 aliphatic heterocycles. The first kappa shape index (κ1) is 14.4. The summed E-state index contributed by atoms with van der Waals surface area (Å²) in [4.78, 5) is 14.4. The average Bonchev–Trinajstić information content (AvgIpc) is 2.48. The number of nitro groups is 1. The summed E-state index contributed by atoms with van der Waals surface area (Å²) in [5.74, 6) is 0.317. The molecule has 1 atom stereocenters. The fraction of sp³-hybridized carbons (Fsp3) is 0.143. The molecule has 1 aromatic carbocycles. The number of aliphatic hydroxyl groups is 1. The Hall–Kier alpha value is -2.98. The van der Waals surface area contributed by atoms with E-state index in [0.29, 0.717) is 11.4 Å². The smallest absolute Gasteiger partial charge is 0.312 e. The number of benzene rings is 1. The fourth-order valence-corrected chi connectivity index (χ4v) is 1.64. The molecular formula is C14H11N3O4. The van der Waals surface area contributed by atoms with Crippen LogP contribution in [-0.4, -0.2) is 15.0 Å². The molecule has 0 saturated carbocycles. The second-order valence-electron chi connectivity index (χ2n) is 4.25. The van der Waals surface area contributed by atoms with E-state index in [1.165, 1.54) is 18.3 Å². The van der Waals surface area contributed by atoms with E-state index in [1.54, 1.807) is 19.1 Å². The van der Waals surface area contributed by atoms with E-state index in [1.807, 2.05) is 6.07 Å². The number of nitrogens with zero attached hydrogens (tertiary/aromatic N) is 3. The van der Waals surface area contributed by atoms with Gasteiger partial charge in [-0.05, 0) is 31.2 Å². The molecule has 0 amide bonds. The van der Waals surface area contributed by atoms with Gasteiger partial charge in [-0.1, -0.05) is 0 Å². The number of hydrogen-bond donors (Lipinski definition) is 1. The Labute approximate surface area is 120 Å². The van der Waals surface area contributed by atoms with Gasteiger partial charge in [0.2, 0.25) is 5.75 Å². The quantitative estimate of drug-likeness (QED) is 0.683. The van der Waals surface area contributed by atoms with Crippen LogP contribution in [-0.2, 0) is 0 Å². The van der Waals surface area contributed by atoms with Gasteiger partial charge in [-0.2, -0.15) is 5.26 Å². The Morgan fingerprint density at radius 2 is 2.19 bits per heavy atom. The molecule has 1 aromatic heterocycles. The first-order valence-electron chi connectivity index (χ1n) is 6.01. The Balaban J connectivity index is 2.31. The second-order valence-corrected chi connectivity index (χ2v) is 4.25. The van der Waals surface area contributed by atoms with Crippen LogP contribution in [0, 0.1) is 21.4 Å². The SMILES string of the molecule is C[C@H](O)c1ccc(Oc2ccc(C#N)cc2[N+](=O)[O-])cn1. The van der Waals surface area contributed by atoms with Crippen LogP contribution in [0.2, 0.25) is 0 Å². The van der Waals surface area contributed by atoms with Crippen molar-refractivity contribution in [1.82, 2.24) is 4.98 Å². The van der Waals surface area contributed by atoms with Crippen LogP contribution in [0.1, 0.15) is 24.3 Å². The third-order valence-electron chi connectivity index (χ3n) is 2.70.